The molecule has 1 rings (SSSR count). The molecular formula is C10H10BrN. The third-order valence-electron chi connectivity index (χ3n) is 1.89. The molecule has 0 saturated heterocycles. The van der Waals surface area contributed by atoms with Gasteiger partial charge >= 0.3 is 0 Å². The van der Waals surface area contributed by atoms with Gasteiger partial charge in [-0.2, -0.15) is 5.26 Å². The number of nitrogens with zero attached hydrogens (tertiary/aromatic N) is 1. The van der Waals surface area contributed by atoms with Crippen molar-refractivity contribution in [3.63, 3.8) is 0 Å². The summed E-state index contributed by atoms with van der Waals surface area (Å²) in [6.07, 6.45) is 0.954. The first-order valence-corrected chi connectivity index (χ1v) is 4.67. The lowest BCUT2D eigenvalue weighted by Gasteiger charge is -2.03. The summed E-state index contributed by atoms with van der Waals surface area (Å²) < 4.78 is 1.10. The predicted octanol–water partition coefficient (Wildman–Crippen LogP) is 3.19. The number of hydrogen-bond acceptors (Lipinski definition) is 1. The molecule has 0 bridgehead atoms. The summed E-state index contributed by atoms with van der Waals surface area (Å²) >= 11 is 3.46. The Morgan fingerprint density at radius 2 is 2.17 bits per heavy atom. The van der Waals surface area contributed by atoms with E-state index >= 15 is 0 Å². The fourth-order valence-corrected chi connectivity index (χ4v) is 1.85. The molecule has 0 unspecified atom stereocenters. The zero-order valence-electron chi connectivity index (χ0n) is 7.19. The monoisotopic (exact) mass is 223 g/mol. The highest BCUT2D eigenvalue weighted by molar-refractivity contribution is 9.10. The molecule has 0 saturated carbocycles. The molecular weight excluding hydrogens is 214 g/mol. The topological polar surface area (TPSA) is 23.8 Å². The molecule has 0 spiro atoms. The van der Waals surface area contributed by atoms with Gasteiger partial charge in [-0.15, -0.1) is 0 Å². The molecule has 12 heavy (non-hydrogen) atoms. The van der Waals surface area contributed by atoms with E-state index in [1.165, 1.54) is 5.56 Å². The lowest BCUT2D eigenvalue weighted by atomic mass is 10.0. The van der Waals surface area contributed by atoms with Crippen LogP contribution in [0.15, 0.2) is 16.6 Å². The van der Waals surface area contributed by atoms with Crippen LogP contribution in [-0.4, -0.2) is 0 Å². The predicted molar refractivity (Wildman–Crippen MR) is 53.0 cm³/mol. The Bertz CT molecular complexity index is 336. The zero-order chi connectivity index (χ0) is 9.14. The van der Waals surface area contributed by atoms with Crippen molar-refractivity contribution in [3.8, 4) is 6.07 Å². The van der Waals surface area contributed by atoms with E-state index in [0.29, 0.717) is 0 Å². The van der Waals surface area contributed by atoms with Gasteiger partial charge in [0.25, 0.3) is 0 Å². The largest absolute Gasteiger partial charge is 0.192 e. The van der Waals surface area contributed by atoms with Crippen molar-refractivity contribution in [3.05, 3.63) is 33.3 Å². The van der Waals surface area contributed by atoms with Crippen LogP contribution in [0, 0.1) is 18.3 Å². The van der Waals surface area contributed by atoms with Crippen LogP contribution in [0.5, 0.6) is 0 Å². The number of benzene rings is 1. The second kappa shape index (κ2) is 3.73. The number of halogens is 1. The lowest BCUT2D eigenvalue weighted by molar-refractivity contribution is 1.12. The Hall–Kier alpha value is -0.810. The van der Waals surface area contributed by atoms with E-state index in [4.69, 9.17) is 5.26 Å². The number of hydrogen-bond donors (Lipinski definition) is 0. The van der Waals surface area contributed by atoms with Gasteiger partial charge in [-0.05, 0) is 36.6 Å². The highest BCUT2D eigenvalue weighted by atomic mass is 79.9. The first-order valence-electron chi connectivity index (χ1n) is 3.88. The summed E-state index contributed by atoms with van der Waals surface area (Å²) in [4.78, 5) is 0. The maximum Gasteiger partial charge on any atom is 0.0994 e. The van der Waals surface area contributed by atoms with Crippen LogP contribution in [-0.2, 0) is 6.42 Å². The summed E-state index contributed by atoms with van der Waals surface area (Å²) in [6.45, 7) is 4.03. The van der Waals surface area contributed by atoms with E-state index in [9.17, 15) is 0 Å². The summed E-state index contributed by atoms with van der Waals surface area (Å²) in [5.41, 5.74) is 2.99. The minimum atomic E-state index is 0.773. The molecule has 62 valence electrons. The second-order valence-corrected chi connectivity index (χ2v) is 3.58. The Labute approximate surface area is 81.2 Å². The highest BCUT2D eigenvalue weighted by Crippen LogP contribution is 2.21. The molecule has 0 aliphatic rings. The zero-order valence-corrected chi connectivity index (χ0v) is 8.77. The van der Waals surface area contributed by atoms with Gasteiger partial charge < -0.3 is 0 Å². The molecule has 0 atom stereocenters. The Morgan fingerprint density at radius 3 is 2.67 bits per heavy atom. The average molecular weight is 224 g/mol. The molecule has 0 heterocycles. The van der Waals surface area contributed by atoms with Gasteiger partial charge in [0.2, 0.25) is 0 Å². The molecule has 0 N–H and O–H groups in total. The van der Waals surface area contributed by atoms with Crippen LogP contribution in [0.2, 0.25) is 0 Å². The van der Waals surface area contributed by atoms with Gasteiger partial charge in [-0.1, -0.05) is 22.9 Å². The molecule has 0 radical (unpaired) electrons. The van der Waals surface area contributed by atoms with Crippen LogP contribution in [0.3, 0.4) is 0 Å². The normalized spacial score (nSPS) is 9.50. The smallest absolute Gasteiger partial charge is 0.0994 e. The highest BCUT2D eigenvalue weighted by Gasteiger charge is 2.02. The van der Waals surface area contributed by atoms with Gasteiger partial charge in [0.1, 0.15) is 0 Å². The van der Waals surface area contributed by atoms with Crippen molar-refractivity contribution in [2.75, 3.05) is 0 Å². The van der Waals surface area contributed by atoms with E-state index in [1.54, 1.807) is 0 Å². The molecule has 0 fully saturated rings. The van der Waals surface area contributed by atoms with Gasteiger partial charge in [-0.25, -0.2) is 0 Å². The van der Waals surface area contributed by atoms with Gasteiger partial charge in [0.05, 0.1) is 11.6 Å². The number of nitriles is 1. The third-order valence-corrected chi connectivity index (χ3v) is 2.63. The van der Waals surface area contributed by atoms with Crippen LogP contribution >= 0.6 is 15.9 Å². The standard InChI is InChI=1S/C10H10BrN/c1-3-8-5-9(6-12)7(2)4-10(8)11/h4-5H,3H2,1-2H3. The Balaban J connectivity index is 3.30. The van der Waals surface area contributed by atoms with E-state index in [1.807, 2.05) is 19.1 Å². The molecule has 0 amide bonds. The minimum absolute atomic E-state index is 0.773. The first-order chi connectivity index (χ1) is 5.69. The van der Waals surface area contributed by atoms with Crippen molar-refractivity contribution in [2.24, 2.45) is 0 Å². The average Bonchev–Trinajstić information content (AvgIpc) is 2.05. The maximum absolute atomic E-state index is 8.76. The van der Waals surface area contributed by atoms with E-state index < -0.39 is 0 Å². The summed E-state index contributed by atoms with van der Waals surface area (Å²) in [7, 11) is 0. The third kappa shape index (κ3) is 1.67. The summed E-state index contributed by atoms with van der Waals surface area (Å²) in [5.74, 6) is 0. The molecule has 0 aliphatic carbocycles. The van der Waals surface area contributed by atoms with Crippen molar-refractivity contribution in [2.45, 2.75) is 20.3 Å². The number of rotatable bonds is 1. The van der Waals surface area contributed by atoms with Gasteiger partial charge in [-0.3, -0.25) is 0 Å². The lowest BCUT2D eigenvalue weighted by Crippen LogP contribution is -1.88. The minimum Gasteiger partial charge on any atom is -0.192 e. The fourth-order valence-electron chi connectivity index (χ4n) is 1.11. The van der Waals surface area contributed by atoms with Gasteiger partial charge in [0, 0.05) is 4.47 Å². The Morgan fingerprint density at radius 1 is 1.50 bits per heavy atom. The number of aryl methyl sites for hydroxylation is 2. The Kier molecular flexibility index (Phi) is 2.88. The molecule has 1 nitrogen and oxygen atoms in total. The molecule has 1 aromatic rings. The van der Waals surface area contributed by atoms with E-state index in [0.717, 1.165) is 22.0 Å². The summed E-state index contributed by atoms with van der Waals surface area (Å²) in [5, 5.41) is 8.76. The molecule has 2 heteroatoms. The summed E-state index contributed by atoms with van der Waals surface area (Å²) in [6, 6.07) is 6.12. The van der Waals surface area contributed by atoms with Crippen molar-refractivity contribution >= 4 is 15.9 Å². The molecule has 0 aliphatic heterocycles. The van der Waals surface area contributed by atoms with Crippen LogP contribution in [0.4, 0.5) is 0 Å². The molecule has 1 aromatic carbocycles. The van der Waals surface area contributed by atoms with Crippen LogP contribution in [0.1, 0.15) is 23.6 Å². The quantitative estimate of drug-likeness (QED) is 0.718. The van der Waals surface area contributed by atoms with Crippen LogP contribution < -0.4 is 0 Å². The SMILES string of the molecule is CCc1cc(C#N)c(C)cc1Br. The molecule has 0 aromatic heterocycles. The maximum atomic E-state index is 8.76. The van der Waals surface area contributed by atoms with Crippen molar-refractivity contribution in [1.82, 2.24) is 0 Å². The van der Waals surface area contributed by atoms with E-state index in [-0.39, 0.29) is 0 Å². The van der Waals surface area contributed by atoms with Gasteiger partial charge in [0.15, 0.2) is 0 Å². The van der Waals surface area contributed by atoms with Crippen LogP contribution in [0.25, 0.3) is 0 Å². The second-order valence-electron chi connectivity index (χ2n) is 2.72. The van der Waals surface area contributed by atoms with Crippen molar-refractivity contribution < 1.29 is 0 Å². The first kappa shape index (κ1) is 9.28. The van der Waals surface area contributed by atoms with Crippen molar-refractivity contribution in [1.29, 1.82) is 5.26 Å². The van der Waals surface area contributed by atoms with E-state index in [2.05, 4.69) is 28.9 Å². The fraction of sp³-hybridized carbons (Fsp3) is 0.300.